The molecule has 0 saturated heterocycles. The standard InChI is InChI=1S/C16H20O6/c1-10(2)20-16(19)8-6-13-5-7-14(21-11(3)17)15(9-13)22-12(4)18/h5,7,9-10H,6,8H2,1-4H3. The second kappa shape index (κ2) is 8.17. The molecule has 0 spiro atoms. The van der Waals surface area contributed by atoms with Crippen LogP contribution < -0.4 is 9.47 Å². The molecule has 0 bridgehead atoms. The number of hydrogen-bond acceptors (Lipinski definition) is 6. The van der Waals surface area contributed by atoms with Crippen LogP contribution in [0.15, 0.2) is 18.2 Å². The fraction of sp³-hybridized carbons (Fsp3) is 0.438. The minimum absolute atomic E-state index is 0.150. The summed E-state index contributed by atoms with van der Waals surface area (Å²) < 4.78 is 15.0. The van der Waals surface area contributed by atoms with Crippen LogP contribution in [0.5, 0.6) is 11.5 Å². The van der Waals surface area contributed by atoms with Crippen LogP contribution in [0.1, 0.15) is 39.7 Å². The zero-order valence-corrected chi connectivity index (χ0v) is 13.2. The van der Waals surface area contributed by atoms with E-state index in [0.717, 1.165) is 5.56 Å². The van der Waals surface area contributed by atoms with Crippen molar-refractivity contribution < 1.29 is 28.6 Å². The highest BCUT2D eigenvalue weighted by Crippen LogP contribution is 2.29. The van der Waals surface area contributed by atoms with Gasteiger partial charge in [-0.05, 0) is 38.0 Å². The average Bonchev–Trinajstić information content (AvgIpc) is 2.37. The first-order valence-corrected chi connectivity index (χ1v) is 6.97. The highest BCUT2D eigenvalue weighted by Gasteiger charge is 2.12. The minimum Gasteiger partial charge on any atom is -0.463 e. The van der Waals surface area contributed by atoms with E-state index in [1.54, 1.807) is 26.0 Å². The number of esters is 3. The van der Waals surface area contributed by atoms with Crippen LogP contribution in [0, 0.1) is 0 Å². The first kappa shape index (κ1) is 17.7. The van der Waals surface area contributed by atoms with Crippen LogP contribution in [0.2, 0.25) is 0 Å². The fourth-order valence-electron chi connectivity index (χ4n) is 1.75. The molecule has 0 unspecified atom stereocenters. The van der Waals surface area contributed by atoms with Gasteiger partial charge in [-0.1, -0.05) is 6.07 Å². The Morgan fingerprint density at radius 2 is 1.59 bits per heavy atom. The molecule has 0 aromatic heterocycles. The Morgan fingerprint density at radius 3 is 2.14 bits per heavy atom. The van der Waals surface area contributed by atoms with Gasteiger partial charge in [-0.25, -0.2) is 0 Å². The van der Waals surface area contributed by atoms with E-state index in [1.165, 1.54) is 19.9 Å². The van der Waals surface area contributed by atoms with Crippen molar-refractivity contribution in [3.05, 3.63) is 23.8 Å². The lowest BCUT2D eigenvalue weighted by atomic mass is 10.1. The van der Waals surface area contributed by atoms with Crippen molar-refractivity contribution in [2.24, 2.45) is 0 Å². The van der Waals surface area contributed by atoms with Crippen molar-refractivity contribution in [2.45, 2.75) is 46.6 Å². The molecule has 0 aliphatic rings. The van der Waals surface area contributed by atoms with Crippen molar-refractivity contribution in [2.75, 3.05) is 0 Å². The maximum absolute atomic E-state index is 11.5. The molecule has 22 heavy (non-hydrogen) atoms. The predicted octanol–water partition coefficient (Wildman–Crippen LogP) is 2.42. The van der Waals surface area contributed by atoms with E-state index in [1.807, 2.05) is 0 Å². The Kier molecular flexibility index (Phi) is 6.56. The maximum atomic E-state index is 11.5. The minimum atomic E-state index is -0.523. The van der Waals surface area contributed by atoms with Crippen molar-refractivity contribution in [1.82, 2.24) is 0 Å². The molecule has 120 valence electrons. The number of benzene rings is 1. The van der Waals surface area contributed by atoms with Gasteiger partial charge in [0.25, 0.3) is 0 Å². The quantitative estimate of drug-likeness (QED) is 0.593. The summed E-state index contributed by atoms with van der Waals surface area (Å²) in [6, 6.07) is 4.80. The number of rotatable bonds is 6. The fourth-order valence-corrected chi connectivity index (χ4v) is 1.75. The van der Waals surface area contributed by atoms with Gasteiger partial charge >= 0.3 is 17.9 Å². The molecule has 6 heteroatoms. The molecule has 0 fully saturated rings. The molecule has 0 amide bonds. The van der Waals surface area contributed by atoms with Gasteiger partial charge in [-0.15, -0.1) is 0 Å². The average molecular weight is 308 g/mol. The zero-order chi connectivity index (χ0) is 16.7. The Bertz CT molecular complexity index is 562. The Labute approximate surface area is 129 Å². The Hall–Kier alpha value is -2.37. The third-order valence-corrected chi connectivity index (χ3v) is 2.50. The number of hydrogen-bond donors (Lipinski definition) is 0. The Balaban J connectivity index is 2.82. The van der Waals surface area contributed by atoms with Crippen LogP contribution in [-0.4, -0.2) is 24.0 Å². The highest BCUT2D eigenvalue weighted by atomic mass is 16.6. The normalized spacial score (nSPS) is 10.2. The molecule has 1 aromatic carbocycles. The molecule has 0 aliphatic heterocycles. The Morgan fingerprint density at radius 1 is 1.00 bits per heavy atom. The summed E-state index contributed by atoms with van der Waals surface area (Å²) in [6.45, 7) is 6.08. The van der Waals surface area contributed by atoms with Gasteiger partial charge in [0.15, 0.2) is 11.5 Å². The molecule has 1 aromatic rings. The van der Waals surface area contributed by atoms with Crippen molar-refractivity contribution in [1.29, 1.82) is 0 Å². The second-order valence-electron chi connectivity index (χ2n) is 5.01. The first-order valence-electron chi connectivity index (χ1n) is 6.97. The SMILES string of the molecule is CC(=O)Oc1ccc(CCC(=O)OC(C)C)cc1OC(C)=O. The number of ether oxygens (including phenoxy) is 3. The number of aryl methyl sites for hydroxylation is 1. The van der Waals surface area contributed by atoms with E-state index in [-0.39, 0.29) is 30.0 Å². The third-order valence-electron chi connectivity index (χ3n) is 2.50. The van der Waals surface area contributed by atoms with E-state index in [9.17, 15) is 14.4 Å². The predicted molar refractivity (Wildman–Crippen MR) is 78.6 cm³/mol. The van der Waals surface area contributed by atoms with Crippen LogP contribution in [0.25, 0.3) is 0 Å². The topological polar surface area (TPSA) is 78.9 Å². The van der Waals surface area contributed by atoms with Gasteiger partial charge in [0.2, 0.25) is 0 Å². The smallest absolute Gasteiger partial charge is 0.308 e. The van der Waals surface area contributed by atoms with Crippen LogP contribution in [0.4, 0.5) is 0 Å². The third kappa shape index (κ3) is 6.39. The van der Waals surface area contributed by atoms with Gasteiger partial charge in [0.05, 0.1) is 6.10 Å². The number of carbonyl (C=O) groups is 3. The highest BCUT2D eigenvalue weighted by molar-refractivity contribution is 5.74. The summed E-state index contributed by atoms with van der Waals surface area (Å²) in [5.74, 6) is -1.02. The van der Waals surface area contributed by atoms with Crippen molar-refractivity contribution in [3.8, 4) is 11.5 Å². The van der Waals surface area contributed by atoms with Gasteiger partial charge in [-0.3, -0.25) is 14.4 Å². The molecular weight excluding hydrogens is 288 g/mol. The van der Waals surface area contributed by atoms with Gasteiger partial charge < -0.3 is 14.2 Å². The summed E-state index contributed by atoms with van der Waals surface area (Å²) in [5, 5.41) is 0. The largest absolute Gasteiger partial charge is 0.463 e. The molecular formula is C16H20O6. The van der Waals surface area contributed by atoms with Crippen LogP contribution in [0.3, 0.4) is 0 Å². The van der Waals surface area contributed by atoms with Crippen LogP contribution in [-0.2, 0) is 25.5 Å². The molecule has 0 radical (unpaired) electrons. The van der Waals surface area contributed by atoms with Gasteiger partial charge in [0, 0.05) is 20.3 Å². The lowest BCUT2D eigenvalue weighted by Crippen LogP contribution is -2.12. The van der Waals surface area contributed by atoms with Crippen molar-refractivity contribution >= 4 is 17.9 Å². The molecule has 0 N–H and O–H groups in total. The lowest BCUT2D eigenvalue weighted by Gasteiger charge is -2.11. The van der Waals surface area contributed by atoms with E-state index >= 15 is 0 Å². The summed E-state index contributed by atoms with van der Waals surface area (Å²) >= 11 is 0. The lowest BCUT2D eigenvalue weighted by molar-refractivity contribution is -0.147. The monoisotopic (exact) mass is 308 g/mol. The van der Waals surface area contributed by atoms with Gasteiger partial charge in [0.1, 0.15) is 0 Å². The molecule has 0 heterocycles. The summed E-state index contributed by atoms with van der Waals surface area (Å²) in [4.78, 5) is 33.7. The van der Waals surface area contributed by atoms with Crippen molar-refractivity contribution in [3.63, 3.8) is 0 Å². The first-order chi connectivity index (χ1) is 10.3. The summed E-state index contributed by atoms with van der Waals surface area (Å²) in [6.07, 6.45) is 0.487. The van der Waals surface area contributed by atoms with E-state index in [0.29, 0.717) is 6.42 Å². The maximum Gasteiger partial charge on any atom is 0.308 e. The molecule has 0 atom stereocenters. The van der Waals surface area contributed by atoms with Gasteiger partial charge in [-0.2, -0.15) is 0 Å². The molecule has 0 saturated carbocycles. The molecule has 1 rings (SSSR count). The summed E-state index contributed by atoms with van der Waals surface area (Å²) in [7, 11) is 0. The second-order valence-corrected chi connectivity index (χ2v) is 5.01. The molecule has 0 aliphatic carbocycles. The van der Waals surface area contributed by atoms with E-state index in [2.05, 4.69) is 0 Å². The summed E-state index contributed by atoms with van der Waals surface area (Å²) in [5.41, 5.74) is 0.771. The van der Waals surface area contributed by atoms with E-state index in [4.69, 9.17) is 14.2 Å². The van der Waals surface area contributed by atoms with E-state index < -0.39 is 11.9 Å². The molecule has 6 nitrogen and oxygen atoms in total. The number of carbonyl (C=O) groups excluding carboxylic acids is 3. The zero-order valence-electron chi connectivity index (χ0n) is 13.2. The van der Waals surface area contributed by atoms with Crippen LogP contribution >= 0.6 is 0 Å².